The summed E-state index contributed by atoms with van der Waals surface area (Å²) in [6, 6.07) is 17.4. The van der Waals surface area contributed by atoms with E-state index in [0.717, 1.165) is 23.1 Å². The number of nitrogens with zero attached hydrogens (tertiary/aromatic N) is 1. The van der Waals surface area contributed by atoms with E-state index >= 15 is 0 Å². The van der Waals surface area contributed by atoms with Crippen molar-refractivity contribution in [1.29, 1.82) is 0 Å². The van der Waals surface area contributed by atoms with Crippen LogP contribution in [-0.2, 0) is 11.2 Å². The molecule has 6 heteroatoms. The Morgan fingerprint density at radius 1 is 1.12 bits per heavy atom. The summed E-state index contributed by atoms with van der Waals surface area (Å²) in [6.07, 6.45) is 1.80. The van der Waals surface area contributed by atoms with E-state index in [4.69, 9.17) is 5.73 Å². The van der Waals surface area contributed by atoms with Crippen LogP contribution in [0.1, 0.15) is 18.4 Å². The van der Waals surface area contributed by atoms with Gasteiger partial charge in [-0.25, -0.2) is 0 Å². The van der Waals surface area contributed by atoms with E-state index in [9.17, 15) is 14.8 Å². The van der Waals surface area contributed by atoms with Gasteiger partial charge in [0, 0.05) is 6.54 Å². The van der Waals surface area contributed by atoms with Crippen LogP contribution in [0.2, 0.25) is 0 Å². The molecule has 2 aromatic rings. The Bertz CT molecular complexity index is 706. The number of hydrogen-bond acceptors (Lipinski definition) is 4. The summed E-state index contributed by atoms with van der Waals surface area (Å²) in [5.41, 5.74) is 9.34. The first-order chi connectivity index (χ1) is 12.1. The Labute approximate surface area is 148 Å². The van der Waals surface area contributed by atoms with Gasteiger partial charge in [-0.2, -0.15) is 0 Å². The fourth-order valence-electron chi connectivity index (χ4n) is 3.39. The molecule has 130 valence electrons. The molecule has 1 heterocycles. The molecule has 1 saturated heterocycles. The van der Waals surface area contributed by atoms with Crippen LogP contribution in [0.3, 0.4) is 0 Å². The van der Waals surface area contributed by atoms with Gasteiger partial charge >= 0.3 is 7.12 Å². The minimum Gasteiger partial charge on any atom is -0.426 e. The number of carbonyl (C=O) groups is 1. The van der Waals surface area contributed by atoms with Crippen LogP contribution >= 0.6 is 0 Å². The number of benzene rings is 2. The fraction of sp³-hybridized carbons (Fsp3) is 0.316. The SMILES string of the molecule is NC(Cc1ccc(-c2ccccc2)cc1)C(=O)N1CCCC1B(O)O. The molecular formula is C19H23BN2O3. The minimum absolute atomic E-state index is 0.220. The predicted molar refractivity (Wildman–Crippen MR) is 98.5 cm³/mol. The Balaban J connectivity index is 1.64. The van der Waals surface area contributed by atoms with Crippen LogP contribution in [-0.4, -0.2) is 46.5 Å². The van der Waals surface area contributed by atoms with Gasteiger partial charge in [-0.3, -0.25) is 4.79 Å². The van der Waals surface area contributed by atoms with Crippen LogP contribution in [0.4, 0.5) is 0 Å². The van der Waals surface area contributed by atoms with Crippen molar-refractivity contribution in [3.8, 4) is 11.1 Å². The second kappa shape index (κ2) is 7.82. The highest BCUT2D eigenvalue weighted by Crippen LogP contribution is 2.21. The van der Waals surface area contributed by atoms with Crippen molar-refractivity contribution in [2.45, 2.75) is 31.2 Å². The van der Waals surface area contributed by atoms with Crippen molar-refractivity contribution in [3.63, 3.8) is 0 Å². The Hall–Kier alpha value is -2.15. The van der Waals surface area contributed by atoms with E-state index < -0.39 is 19.1 Å². The van der Waals surface area contributed by atoms with Crippen molar-refractivity contribution in [2.24, 2.45) is 5.73 Å². The third-order valence-electron chi connectivity index (χ3n) is 4.76. The molecule has 4 N–H and O–H groups in total. The van der Waals surface area contributed by atoms with Gasteiger partial charge in [0.25, 0.3) is 0 Å². The van der Waals surface area contributed by atoms with E-state index in [1.165, 1.54) is 4.90 Å². The molecular weight excluding hydrogens is 315 g/mol. The number of rotatable bonds is 5. The zero-order valence-corrected chi connectivity index (χ0v) is 14.1. The van der Waals surface area contributed by atoms with Gasteiger partial charge in [-0.05, 0) is 36.0 Å². The topological polar surface area (TPSA) is 86.8 Å². The zero-order valence-electron chi connectivity index (χ0n) is 14.1. The lowest BCUT2D eigenvalue weighted by molar-refractivity contribution is -0.132. The quantitative estimate of drug-likeness (QED) is 0.716. The van der Waals surface area contributed by atoms with E-state index in [1.807, 2.05) is 42.5 Å². The standard InChI is InChI=1S/C19H23BN2O3/c21-17(19(23)22-12-4-7-18(22)20(24)25)13-14-8-10-16(11-9-14)15-5-2-1-3-6-15/h1-3,5-6,8-11,17-18,24-25H,4,7,12-13,21H2. The van der Waals surface area contributed by atoms with Crippen LogP contribution in [0, 0.1) is 0 Å². The second-order valence-corrected chi connectivity index (χ2v) is 6.53. The summed E-state index contributed by atoms with van der Waals surface area (Å²) in [7, 11) is -1.51. The van der Waals surface area contributed by atoms with Gasteiger partial charge in [0.05, 0.1) is 12.0 Å². The van der Waals surface area contributed by atoms with Gasteiger partial charge in [0.15, 0.2) is 0 Å². The summed E-state index contributed by atoms with van der Waals surface area (Å²) in [6.45, 7) is 0.530. The van der Waals surface area contributed by atoms with Crippen molar-refractivity contribution in [1.82, 2.24) is 4.90 Å². The molecule has 0 aliphatic carbocycles. The maximum atomic E-state index is 12.5. The van der Waals surface area contributed by atoms with Crippen LogP contribution in [0.15, 0.2) is 54.6 Å². The first-order valence-electron chi connectivity index (χ1n) is 8.63. The minimum atomic E-state index is -1.51. The largest absolute Gasteiger partial charge is 0.475 e. The number of carbonyl (C=O) groups excluding carboxylic acids is 1. The number of hydrogen-bond donors (Lipinski definition) is 3. The molecule has 0 aromatic heterocycles. The Morgan fingerprint density at radius 2 is 1.76 bits per heavy atom. The van der Waals surface area contributed by atoms with Gasteiger partial charge < -0.3 is 20.7 Å². The number of amides is 1. The summed E-state index contributed by atoms with van der Waals surface area (Å²) < 4.78 is 0. The van der Waals surface area contributed by atoms with Gasteiger partial charge in [0.1, 0.15) is 0 Å². The highest BCUT2D eigenvalue weighted by Gasteiger charge is 2.38. The maximum Gasteiger partial charge on any atom is 0.475 e. The third kappa shape index (κ3) is 4.10. The van der Waals surface area contributed by atoms with Crippen molar-refractivity contribution < 1.29 is 14.8 Å². The number of likely N-dealkylation sites (tertiary alicyclic amines) is 1. The van der Waals surface area contributed by atoms with Gasteiger partial charge in [0.2, 0.25) is 5.91 Å². The Kier molecular flexibility index (Phi) is 5.53. The van der Waals surface area contributed by atoms with Crippen LogP contribution in [0.5, 0.6) is 0 Å². The smallest absolute Gasteiger partial charge is 0.426 e. The van der Waals surface area contributed by atoms with Crippen LogP contribution in [0.25, 0.3) is 11.1 Å². The lowest BCUT2D eigenvalue weighted by Crippen LogP contribution is -2.51. The predicted octanol–water partition coefficient (Wildman–Crippen LogP) is 1.23. The molecule has 5 nitrogen and oxygen atoms in total. The average Bonchev–Trinajstić information content (AvgIpc) is 3.12. The summed E-state index contributed by atoms with van der Waals surface area (Å²) in [5, 5.41) is 18.8. The lowest BCUT2D eigenvalue weighted by Gasteiger charge is -2.27. The van der Waals surface area contributed by atoms with Crippen molar-refractivity contribution >= 4 is 13.0 Å². The van der Waals surface area contributed by atoms with Crippen LogP contribution < -0.4 is 5.73 Å². The van der Waals surface area contributed by atoms with E-state index in [-0.39, 0.29) is 5.91 Å². The van der Waals surface area contributed by atoms with E-state index in [0.29, 0.717) is 19.4 Å². The first-order valence-corrected chi connectivity index (χ1v) is 8.63. The highest BCUT2D eigenvalue weighted by molar-refractivity contribution is 6.43. The van der Waals surface area contributed by atoms with Gasteiger partial charge in [-0.1, -0.05) is 54.6 Å². The molecule has 1 aliphatic rings. The maximum absolute atomic E-state index is 12.5. The normalized spacial score (nSPS) is 18.2. The Morgan fingerprint density at radius 3 is 2.40 bits per heavy atom. The summed E-state index contributed by atoms with van der Waals surface area (Å²) in [4.78, 5) is 14.0. The molecule has 1 amide bonds. The molecule has 0 radical (unpaired) electrons. The monoisotopic (exact) mass is 338 g/mol. The third-order valence-corrected chi connectivity index (χ3v) is 4.76. The highest BCUT2D eigenvalue weighted by atomic mass is 16.4. The molecule has 0 spiro atoms. The molecule has 2 unspecified atom stereocenters. The van der Waals surface area contributed by atoms with Crippen molar-refractivity contribution in [3.05, 3.63) is 60.2 Å². The molecule has 0 saturated carbocycles. The lowest BCUT2D eigenvalue weighted by atomic mass is 9.77. The molecule has 3 rings (SSSR count). The zero-order chi connectivity index (χ0) is 17.8. The fourth-order valence-corrected chi connectivity index (χ4v) is 3.39. The molecule has 25 heavy (non-hydrogen) atoms. The van der Waals surface area contributed by atoms with Gasteiger partial charge in [-0.15, -0.1) is 0 Å². The molecule has 2 atom stereocenters. The summed E-state index contributed by atoms with van der Waals surface area (Å²) >= 11 is 0. The molecule has 1 fully saturated rings. The molecule has 1 aliphatic heterocycles. The van der Waals surface area contributed by atoms with Crippen molar-refractivity contribution in [2.75, 3.05) is 6.54 Å². The number of nitrogens with two attached hydrogens (primary N) is 1. The molecule has 2 aromatic carbocycles. The van der Waals surface area contributed by atoms with E-state index in [1.54, 1.807) is 0 Å². The summed E-state index contributed by atoms with van der Waals surface area (Å²) in [5.74, 6) is -0.762. The average molecular weight is 338 g/mol. The van der Waals surface area contributed by atoms with E-state index in [2.05, 4.69) is 12.1 Å². The molecule has 0 bridgehead atoms. The second-order valence-electron chi connectivity index (χ2n) is 6.53. The first kappa shape index (κ1) is 17.7.